The van der Waals surface area contributed by atoms with Gasteiger partial charge < -0.3 is 14.5 Å². The number of rotatable bonds is 5. The molecule has 0 N–H and O–H groups in total. The van der Waals surface area contributed by atoms with E-state index in [1.54, 1.807) is 12.1 Å². The minimum Gasteiger partial charge on any atom is -0.377 e. The third-order valence-electron chi connectivity index (χ3n) is 4.64. The summed E-state index contributed by atoms with van der Waals surface area (Å²) < 4.78 is 6.03. The first kappa shape index (κ1) is 16.5. The van der Waals surface area contributed by atoms with Gasteiger partial charge in [-0.2, -0.15) is 5.26 Å². The zero-order chi connectivity index (χ0) is 16.1. The predicted octanol–water partition coefficient (Wildman–Crippen LogP) is 2.69. The van der Waals surface area contributed by atoms with E-state index in [4.69, 9.17) is 21.6 Å². The molecule has 2 saturated heterocycles. The van der Waals surface area contributed by atoms with E-state index in [-0.39, 0.29) is 0 Å². The Balaban J connectivity index is 1.44. The Morgan fingerprint density at radius 3 is 2.65 bits per heavy atom. The summed E-state index contributed by atoms with van der Waals surface area (Å²) in [7, 11) is 0. The highest BCUT2D eigenvalue weighted by Crippen LogP contribution is 2.23. The highest BCUT2D eigenvalue weighted by atomic mass is 35.5. The number of anilines is 1. The van der Waals surface area contributed by atoms with Gasteiger partial charge in [-0.05, 0) is 50.9 Å². The minimum absolute atomic E-state index is 0.337. The maximum atomic E-state index is 9.04. The van der Waals surface area contributed by atoms with Gasteiger partial charge in [0.25, 0.3) is 0 Å². The lowest BCUT2D eigenvalue weighted by Gasteiger charge is -2.33. The summed E-state index contributed by atoms with van der Waals surface area (Å²) in [6, 6.07) is 5.53. The van der Waals surface area contributed by atoms with Gasteiger partial charge in [0.2, 0.25) is 0 Å². The van der Waals surface area contributed by atoms with E-state index in [1.165, 1.54) is 25.9 Å². The molecule has 1 aromatic rings. The number of hydrogen-bond acceptors (Lipinski definition) is 5. The molecule has 3 rings (SSSR count). The van der Waals surface area contributed by atoms with Crippen molar-refractivity contribution in [2.45, 2.75) is 31.8 Å². The predicted molar refractivity (Wildman–Crippen MR) is 90.8 cm³/mol. The lowest BCUT2D eigenvalue weighted by atomic mass is 10.1. The monoisotopic (exact) mass is 334 g/mol. The van der Waals surface area contributed by atoms with E-state index in [1.807, 2.05) is 0 Å². The Morgan fingerprint density at radius 2 is 1.96 bits per heavy atom. The zero-order valence-electron chi connectivity index (χ0n) is 13.4. The highest BCUT2D eigenvalue weighted by molar-refractivity contribution is 6.29. The molecule has 0 aliphatic carbocycles. The maximum Gasteiger partial charge on any atom is 0.132 e. The van der Waals surface area contributed by atoms with Crippen molar-refractivity contribution in [3.63, 3.8) is 0 Å². The van der Waals surface area contributed by atoms with E-state index in [2.05, 4.69) is 20.9 Å². The summed E-state index contributed by atoms with van der Waals surface area (Å²) in [5, 5.41) is 9.41. The van der Waals surface area contributed by atoms with Crippen molar-refractivity contribution in [3.8, 4) is 6.07 Å². The molecule has 3 heterocycles. The van der Waals surface area contributed by atoms with Crippen LogP contribution in [0.25, 0.3) is 0 Å². The average Bonchev–Trinajstić information content (AvgIpc) is 3.08. The lowest BCUT2D eigenvalue weighted by Crippen LogP contribution is -2.38. The van der Waals surface area contributed by atoms with Crippen LogP contribution in [0.2, 0.25) is 5.15 Å². The first-order chi connectivity index (χ1) is 11.2. The Labute approximate surface area is 142 Å². The van der Waals surface area contributed by atoms with Crippen LogP contribution in [0.4, 0.5) is 5.82 Å². The van der Waals surface area contributed by atoms with Gasteiger partial charge in [0, 0.05) is 19.6 Å². The molecule has 2 fully saturated rings. The van der Waals surface area contributed by atoms with E-state index in [0.717, 1.165) is 44.9 Å². The molecule has 23 heavy (non-hydrogen) atoms. The summed E-state index contributed by atoms with van der Waals surface area (Å²) in [6.07, 6.45) is 4.99. The van der Waals surface area contributed by atoms with Crippen molar-refractivity contribution in [2.24, 2.45) is 0 Å². The van der Waals surface area contributed by atoms with Crippen LogP contribution in [0.3, 0.4) is 0 Å². The number of halogens is 1. The quantitative estimate of drug-likeness (QED) is 0.775. The molecular formula is C17H23ClN4O. The Morgan fingerprint density at radius 1 is 1.22 bits per heavy atom. The molecule has 2 aliphatic rings. The van der Waals surface area contributed by atoms with Gasteiger partial charge in [-0.3, -0.25) is 0 Å². The number of ether oxygens (including phenoxy) is 1. The van der Waals surface area contributed by atoms with Gasteiger partial charge >= 0.3 is 0 Å². The molecule has 6 heteroatoms. The first-order valence-electron chi connectivity index (χ1n) is 8.41. The molecule has 0 unspecified atom stereocenters. The molecule has 0 atom stereocenters. The summed E-state index contributed by atoms with van der Waals surface area (Å²) >= 11 is 5.99. The van der Waals surface area contributed by atoms with Crippen molar-refractivity contribution in [2.75, 3.05) is 44.2 Å². The van der Waals surface area contributed by atoms with Crippen molar-refractivity contribution in [3.05, 3.63) is 22.8 Å². The standard InChI is InChI=1S/C17H23ClN4O/c18-16-11-14(13-19)12-17(20-16)22-7-3-15(4-8-22)23-10-9-21-5-1-2-6-21/h11-12,15H,1-10H2. The smallest absolute Gasteiger partial charge is 0.132 e. The van der Waals surface area contributed by atoms with Crippen LogP contribution in [0.15, 0.2) is 12.1 Å². The van der Waals surface area contributed by atoms with Crippen LogP contribution in [0.5, 0.6) is 0 Å². The second-order valence-electron chi connectivity index (χ2n) is 6.25. The SMILES string of the molecule is N#Cc1cc(Cl)nc(N2CCC(OCCN3CCCC3)CC2)c1. The van der Waals surface area contributed by atoms with Crippen LogP contribution in [0, 0.1) is 11.3 Å². The topological polar surface area (TPSA) is 52.4 Å². The molecule has 1 aromatic heterocycles. The van der Waals surface area contributed by atoms with E-state index >= 15 is 0 Å². The highest BCUT2D eigenvalue weighted by Gasteiger charge is 2.21. The molecule has 2 aliphatic heterocycles. The fourth-order valence-electron chi connectivity index (χ4n) is 3.32. The minimum atomic E-state index is 0.337. The Kier molecular flexibility index (Phi) is 5.71. The van der Waals surface area contributed by atoms with Crippen molar-refractivity contribution < 1.29 is 4.74 Å². The number of pyridine rings is 1. The number of likely N-dealkylation sites (tertiary alicyclic amines) is 1. The lowest BCUT2D eigenvalue weighted by molar-refractivity contribution is 0.0265. The van der Waals surface area contributed by atoms with Gasteiger partial charge in [-0.1, -0.05) is 11.6 Å². The van der Waals surface area contributed by atoms with Crippen molar-refractivity contribution in [1.29, 1.82) is 5.26 Å². The summed E-state index contributed by atoms with van der Waals surface area (Å²) in [4.78, 5) is 9.01. The molecule has 0 aromatic carbocycles. The zero-order valence-corrected chi connectivity index (χ0v) is 14.1. The van der Waals surface area contributed by atoms with Gasteiger partial charge in [-0.15, -0.1) is 0 Å². The van der Waals surface area contributed by atoms with Gasteiger partial charge in [0.05, 0.1) is 24.3 Å². The molecule has 0 radical (unpaired) electrons. The van der Waals surface area contributed by atoms with E-state index in [9.17, 15) is 0 Å². The number of nitrogens with zero attached hydrogens (tertiary/aromatic N) is 4. The normalized spacial score (nSPS) is 19.9. The molecule has 124 valence electrons. The Bertz CT molecular complexity index is 560. The van der Waals surface area contributed by atoms with Gasteiger partial charge in [-0.25, -0.2) is 4.98 Å². The second-order valence-corrected chi connectivity index (χ2v) is 6.64. The fraction of sp³-hybridized carbons (Fsp3) is 0.647. The van der Waals surface area contributed by atoms with Crippen LogP contribution in [0.1, 0.15) is 31.2 Å². The van der Waals surface area contributed by atoms with Crippen LogP contribution in [-0.2, 0) is 4.74 Å². The number of piperidine rings is 1. The summed E-state index contributed by atoms with van der Waals surface area (Å²) in [5.74, 6) is 0.796. The van der Waals surface area contributed by atoms with E-state index in [0.29, 0.717) is 16.8 Å². The molecular weight excluding hydrogens is 312 g/mol. The summed E-state index contributed by atoms with van der Waals surface area (Å²) in [6.45, 7) is 6.13. The second kappa shape index (κ2) is 7.96. The Hall–Kier alpha value is -1.35. The largest absolute Gasteiger partial charge is 0.377 e. The molecule has 0 spiro atoms. The third-order valence-corrected chi connectivity index (χ3v) is 4.83. The fourth-order valence-corrected chi connectivity index (χ4v) is 3.52. The van der Waals surface area contributed by atoms with E-state index < -0.39 is 0 Å². The van der Waals surface area contributed by atoms with Crippen LogP contribution in [-0.4, -0.2) is 55.3 Å². The molecule has 5 nitrogen and oxygen atoms in total. The first-order valence-corrected chi connectivity index (χ1v) is 8.79. The van der Waals surface area contributed by atoms with Gasteiger partial charge in [0.1, 0.15) is 11.0 Å². The molecule has 0 amide bonds. The number of hydrogen-bond donors (Lipinski definition) is 0. The van der Waals surface area contributed by atoms with Crippen molar-refractivity contribution >= 4 is 17.4 Å². The summed E-state index contributed by atoms with van der Waals surface area (Å²) in [5.41, 5.74) is 0.559. The number of aromatic nitrogens is 1. The number of nitriles is 1. The maximum absolute atomic E-state index is 9.04. The molecule has 0 saturated carbocycles. The van der Waals surface area contributed by atoms with Crippen molar-refractivity contribution in [1.82, 2.24) is 9.88 Å². The van der Waals surface area contributed by atoms with Crippen LogP contribution < -0.4 is 4.90 Å². The molecule has 0 bridgehead atoms. The van der Waals surface area contributed by atoms with Crippen LogP contribution >= 0.6 is 11.6 Å². The average molecular weight is 335 g/mol. The van der Waals surface area contributed by atoms with Gasteiger partial charge in [0.15, 0.2) is 0 Å². The third kappa shape index (κ3) is 4.57.